The van der Waals surface area contributed by atoms with E-state index in [1.807, 2.05) is 0 Å². The summed E-state index contributed by atoms with van der Waals surface area (Å²) in [7, 11) is 0. The lowest BCUT2D eigenvalue weighted by Gasteiger charge is -2.05. The molecule has 74 valence electrons. The molecule has 1 atom stereocenters. The Bertz CT molecular complexity index is 157. The molecule has 0 saturated carbocycles. The van der Waals surface area contributed by atoms with Crippen molar-refractivity contribution < 1.29 is 9.90 Å². The highest BCUT2D eigenvalue weighted by Gasteiger charge is 2.16. The molecule has 0 bridgehead atoms. The molecule has 5 nitrogen and oxygen atoms in total. The second-order valence-corrected chi connectivity index (χ2v) is 2.79. The largest absolute Gasteiger partial charge is 0.480 e. The van der Waals surface area contributed by atoms with Gasteiger partial charge in [0.25, 0.3) is 0 Å². The average molecular weight is 325 g/mol. The zero-order valence-corrected chi connectivity index (χ0v) is 10.3. The number of rotatable bonds is 3. The predicted molar refractivity (Wildman–Crippen MR) is 60.6 cm³/mol. The van der Waals surface area contributed by atoms with Gasteiger partial charge in [0.1, 0.15) is 5.25 Å². The topological polar surface area (TPSA) is 113 Å². The van der Waals surface area contributed by atoms with Crippen molar-refractivity contribution >= 4 is 56.9 Å². The van der Waals surface area contributed by atoms with Crippen LogP contribution >= 0.6 is 45.7 Å². The first-order chi connectivity index (χ1) is 4.57. The number of aliphatic carboxylic acids is 1. The van der Waals surface area contributed by atoms with Gasteiger partial charge in [-0.1, -0.05) is 11.8 Å². The number of nitrogens with two attached hydrogens (primary N) is 2. The van der Waals surface area contributed by atoms with Gasteiger partial charge in [-0.3, -0.25) is 10.2 Å². The lowest BCUT2D eigenvalue weighted by Crippen LogP contribution is -2.28. The summed E-state index contributed by atoms with van der Waals surface area (Å²) in [5, 5.41) is 14.1. The molecule has 0 amide bonds. The molecule has 0 aliphatic carbocycles. The molecule has 0 aromatic rings. The lowest BCUT2D eigenvalue weighted by molar-refractivity contribution is -0.136. The van der Waals surface area contributed by atoms with Crippen molar-refractivity contribution in [2.24, 2.45) is 11.5 Å². The molecular formula is C4H11Br2N3O2S. The Morgan fingerprint density at radius 1 is 1.58 bits per heavy atom. The van der Waals surface area contributed by atoms with Gasteiger partial charge in [0.05, 0.1) is 0 Å². The third-order valence-corrected chi connectivity index (χ3v) is 1.69. The first kappa shape index (κ1) is 18.1. The summed E-state index contributed by atoms with van der Waals surface area (Å²) in [6.45, 7) is -0.0143. The average Bonchev–Trinajstić information content (AvgIpc) is 1.81. The summed E-state index contributed by atoms with van der Waals surface area (Å²) in [6.07, 6.45) is 0. The van der Waals surface area contributed by atoms with Crippen molar-refractivity contribution in [1.29, 1.82) is 5.41 Å². The van der Waals surface area contributed by atoms with E-state index in [9.17, 15) is 4.79 Å². The standard InChI is InChI=1S/C4H9N3O2S.2BrH/c5-1-2(3(8)9)10-4(6)7;;/h2H,1,5H2,(H3,6,7)(H,8,9);2*1H. The van der Waals surface area contributed by atoms with E-state index in [0.717, 1.165) is 11.8 Å². The van der Waals surface area contributed by atoms with Crippen LogP contribution in [0.2, 0.25) is 0 Å². The van der Waals surface area contributed by atoms with E-state index >= 15 is 0 Å². The molecule has 0 saturated heterocycles. The maximum Gasteiger partial charge on any atom is 0.318 e. The number of carboxylic acids is 1. The normalized spacial score (nSPS) is 10.4. The maximum atomic E-state index is 10.2. The summed E-state index contributed by atoms with van der Waals surface area (Å²) in [4.78, 5) is 10.2. The van der Waals surface area contributed by atoms with Gasteiger partial charge in [0.15, 0.2) is 5.17 Å². The molecule has 0 radical (unpaired) electrons. The molecule has 0 fully saturated rings. The van der Waals surface area contributed by atoms with Crippen LogP contribution in [-0.4, -0.2) is 28.0 Å². The van der Waals surface area contributed by atoms with E-state index in [1.165, 1.54) is 0 Å². The molecular weight excluding hydrogens is 314 g/mol. The van der Waals surface area contributed by atoms with Crippen molar-refractivity contribution in [2.75, 3.05) is 6.54 Å². The number of hydrogen-bond donors (Lipinski definition) is 4. The first-order valence-electron chi connectivity index (χ1n) is 2.51. The van der Waals surface area contributed by atoms with Gasteiger partial charge in [-0.05, 0) is 0 Å². The monoisotopic (exact) mass is 323 g/mol. The van der Waals surface area contributed by atoms with Crippen LogP contribution in [0.1, 0.15) is 0 Å². The molecule has 0 heterocycles. The van der Waals surface area contributed by atoms with Crippen LogP contribution in [0.25, 0.3) is 0 Å². The van der Waals surface area contributed by atoms with Gasteiger partial charge >= 0.3 is 5.97 Å². The molecule has 0 aromatic carbocycles. The molecule has 0 spiro atoms. The summed E-state index contributed by atoms with van der Waals surface area (Å²) in [6, 6.07) is 0. The van der Waals surface area contributed by atoms with E-state index < -0.39 is 11.2 Å². The summed E-state index contributed by atoms with van der Waals surface area (Å²) >= 11 is 0.744. The summed E-state index contributed by atoms with van der Waals surface area (Å²) < 4.78 is 0. The van der Waals surface area contributed by atoms with Crippen LogP contribution in [0.3, 0.4) is 0 Å². The summed E-state index contributed by atoms with van der Waals surface area (Å²) in [5.74, 6) is -1.04. The van der Waals surface area contributed by atoms with E-state index in [0.29, 0.717) is 0 Å². The van der Waals surface area contributed by atoms with Crippen LogP contribution in [0, 0.1) is 5.41 Å². The highest BCUT2D eigenvalue weighted by molar-refractivity contribution is 8.93. The van der Waals surface area contributed by atoms with E-state index in [-0.39, 0.29) is 45.7 Å². The third-order valence-electron chi connectivity index (χ3n) is 0.759. The predicted octanol–water partition coefficient (Wildman–Crippen LogP) is 0.181. The van der Waals surface area contributed by atoms with Crippen LogP contribution in [0.5, 0.6) is 0 Å². The highest BCUT2D eigenvalue weighted by Crippen LogP contribution is 2.07. The number of hydrogen-bond acceptors (Lipinski definition) is 4. The molecule has 0 rings (SSSR count). The van der Waals surface area contributed by atoms with E-state index in [4.69, 9.17) is 22.0 Å². The number of amidine groups is 1. The van der Waals surface area contributed by atoms with Crippen LogP contribution in [0.15, 0.2) is 0 Å². The second kappa shape index (κ2) is 9.30. The molecule has 0 aliphatic heterocycles. The number of thioether (sulfide) groups is 1. The SMILES string of the molecule is Br.Br.N=C(N)SC(CN)C(=O)O. The fraction of sp³-hybridized carbons (Fsp3) is 0.500. The van der Waals surface area contributed by atoms with Gasteiger partial charge in [-0.2, -0.15) is 0 Å². The minimum absolute atomic E-state index is 0. The van der Waals surface area contributed by atoms with Crippen molar-refractivity contribution in [3.63, 3.8) is 0 Å². The Labute approximate surface area is 95.3 Å². The number of carbonyl (C=O) groups is 1. The fourth-order valence-corrected chi connectivity index (χ4v) is 0.856. The van der Waals surface area contributed by atoms with Crippen molar-refractivity contribution in [2.45, 2.75) is 5.25 Å². The fourth-order valence-electron chi connectivity index (χ4n) is 0.353. The smallest absolute Gasteiger partial charge is 0.318 e. The van der Waals surface area contributed by atoms with Gasteiger partial charge < -0.3 is 16.6 Å². The molecule has 8 heteroatoms. The van der Waals surface area contributed by atoms with Crippen LogP contribution < -0.4 is 11.5 Å². The Balaban J connectivity index is -0.000000405. The van der Waals surface area contributed by atoms with Gasteiger partial charge in [0, 0.05) is 6.54 Å². The maximum absolute atomic E-state index is 10.2. The third kappa shape index (κ3) is 8.31. The van der Waals surface area contributed by atoms with Crippen molar-refractivity contribution in [1.82, 2.24) is 0 Å². The lowest BCUT2D eigenvalue weighted by atomic mass is 10.4. The van der Waals surface area contributed by atoms with Gasteiger partial charge in [0.2, 0.25) is 0 Å². The second-order valence-electron chi connectivity index (χ2n) is 1.54. The zero-order valence-electron chi connectivity index (χ0n) is 6.02. The van der Waals surface area contributed by atoms with Crippen LogP contribution in [0.4, 0.5) is 0 Å². The van der Waals surface area contributed by atoms with E-state index in [2.05, 4.69) is 0 Å². The molecule has 0 aliphatic rings. The molecule has 1 unspecified atom stereocenters. The first-order valence-corrected chi connectivity index (χ1v) is 3.39. The Kier molecular flexibility index (Phi) is 14.0. The zero-order chi connectivity index (χ0) is 8.15. The van der Waals surface area contributed by atoms with E-state index in [1.54, 1.807) is 0 Å². The number of halogens is 2. The van der Waals surface area contributed by atoms with Crippen molar-refractivity contribution in [3.8, 4) is 0 Å². The number of carboxylic acid groups (broad SMARTS) is 1. The molecule has 0 aromatic heterocycles. The molecule has 6 N–H and O–H groups in total. The minimum atomic E-state index is -1.04. The van der Waals surface area contributed by atoms with Crippen LogP contribution in [-0.2, 0) is 4.79 Å². The number of nitrogens with one attached hydrogen (secondary N) is 1. The Morgan fingerprint density at radius 2 is 2.00 bits per heavy atom. The Hall–Kier alpha value is 0.210. The van der Waals surface area contributed by atoms with Gasteiger partial charge in [-0.15, -0.1) is 34.0 Å². The Morgan fingerprint density at radius 3 is 2.08 bits per heavy atom. The van der Waals surface area contributed by atoms with Gasteiger partial charge in [-0.25, -0.2) is 0 Å². The minimum Gasteiger partial charge on any atom is -0.480 e. The highest BCUT2D eigenvalue weighted by atomic mass is 79.9. The quantitative estimate of drug-likeness (QED) is 0.437. The molecule has 12 heavy (non-hydrogen) atoms. The van der Waals surface area contributed by atoms with Crippen molar-refractivity contribution in [3.05, 3.63) is 0 Å². The summed E-state index contributed by atoms with van der Waals surface area (Å²) in [5.41, 5.74) is 10.0.